The lowest BCUT2D eigenvalue weighted by atomic mass is 9.88. The fourth-order valence-electron chi connectivity index (χ4n) is 4.25. The van der Waals surface area contributed by atoms with Crippen molar-refractivity contribution < 1.29 is 4.74 Å². The lowest BCUT2D eigenvalue weighted by molar-refractivity contribution is 0.219. The van der Waals surface area contributed by atoms with Gasteiger partial charge in [-0.05, 0) is 47.2 Å². The molecule has 4 nitrogen and oxygen atoms in total. The van der Waals surface area contributed by atoms with Gasteiger partial charge in [0.05, 0.1) is 6.20 Å². The third-order valence-corrected chi connectivity index (χ3v) is 5.70. The zero-order valence-corrected chi connectivity index (χ0v) is 16.3. The van der Waals surface area contributed by atoms with E-state index in [0.717, 1.165) is 44.8 Å². The Labute approximate surface area is 166 Å². The first kappa shape index (κ1) is 17.3. The molecule has 0 unspecified atom stereocenters. The van der Waals surface area contributed by atoms with Crippen LogP contribution in [0.5, 0.6) is 5.75 Å². The van der Waals surface area contributed by atoms with Gasteiger partial charge in [0.15, 0.2) is 0 Å². The van der Waals surface area contributed by atoms with Crippen LogP contribution in [0.25, 0.3) is 11.6 Å². The van der Waals surface area contributed by atoms with Crippen LogP contribution in [0.2, 0.25) is 0 Å². The summed E-state index contributed by atoms with van der Waals surface area (Å²) in [4.78, 5) is 2.44. The lowest BCUT2D eigenvalue weighted by Crippen LogP contribution is -2.25. The Morgan fingerprint density at radius 3 is 2.89 bits per heavy atom. The maximum Gasteiger partial charge on any atom is 0.123 e. The summed E-state index contributed by atoms with van der Waals surface area (Å²) < 4.78 is 7.90. The average Bonchev–Trinajstić information content (AvgIpc) is 3.02. The Morgan fingerprint density at radius 2 is 2.00 bits per heavy atom. The Bertz CT molecular complexity index is 1030. The molecule has 28 heavy (non-hydrogen) atoms. The van der Waals surface area contributed by atoms with Gasteiger partial charge in [0.25, 0.3) is 0 Å². The Kier molecular flexibility index (Phi) is 4.49. The van der Waals surface area contributed by atoms with Gasteiger partial charge in [-0.25, -0.2) is 0 Å². The minimum Gasteiger partial charge on any atom is -0.492 e. The van der Waals surface area contributed by atoms with Crippen molar-refractivity contribution in [2.45, 2.75) is 25.9 Å². The summed E-state index contributed by atoms with van der Waals surface area (Å²) in [6.45, 7) is 3.45. The number of aromatic nitrogens is 2. The van der Waals surface area contributed by atoms with E-state index in [1.807, 2.05) is 17.9 Å². The maximum absolute atomic E-state index is 6.04. The molecule has 3 aromatic rings. The second kappa shape index (κ2) is 7.28. The molecule has 1 aliphatic carbocycles. The smallest absolute Gasteiger partial charge is 0.123 e. The lowest BCUT2D eigenvalue weighted by Gasteiger charge is -2.20. The molecule has 0 spiro atoms. The summed E-state index contributed by atoms with van der Waals surface area (Å²) in [6, 6.07) is 15.4. The number of benzene rings is 2. The Balaban J connectivity index is 1.41. The van der Waals surface area contributed by atoms with Crippen LogP contribution in [-0.2, 0) is 26.6 Å². The minimum atomic E-state index is 0.725. The number of allylic oxidation sites excluding steroid dienone is 1. The molecule has 1 aliphatic heterocycles. The highest BCUT2D eigenvalue weighted by Gasteiger charge is 2.18. The average molecular weight is 371 g/mol. The summed E-state index contributed by atoms with van der Waals surface area (Å²) in [5.74, 6) is 1.02. The predicted molar refractivity (Wildman–Crippen MR) is 112 cm³/mol. The number of hydrogen-bond acceptors (Lipinski definition) is 3. The SMILES string of the molecule is Cn1cc(CN2CCOc3ccc(C4=Cc5ccccc5CC4)cc3C2)cn1. The summed E-state index contributed by atoms with van der Waals surface area (Å²) >= 11 is 0. The second-order valence-corrected chi connectivity index (χ2v) is 7.77. The fraction of sp³-hybridized carbons (Fsp3) is 0.292. The summed E-state index contributed by atoms with van der Waals surface area (Å²) in [7, 11) is 1.96. The molecule has 142 valence electrons. The van der Waals surface area contributed by atoms with Crippen molar-refractivity contribution in [3.05, 3.63) is 82.7 Å². The van der Waals surface area contributed by atoms with Crippen LogP contribution in [-0.4, -0.2) is 27.8 Å². The highest BCUT2D eigenvalue weighted by molar-refractivity contribution is 5.84. The van der Waals surface area contributed by atoms with Crippen molar-refractivity contribution in [3.8, 4) is 5.75 Å². The summed E-state index contributed by atoms with van der Waals surface area (Å²) in [5.41, 5.74) is 8.07. The van der Waals surface area contributed by atoms with E-state index in [9.17, 15) is 0 Å². The second-order valence-electron chi connectivity index (χ2n) is 7.77. The number of nitrogens with zero attached hydrogens (tertiary/aromatic N) is 3. The van der Waals surface area contributed by atoms with E-state index in [4.69, 9.17) is 4.74 Å². The fourth-order valence-corrected chi connectivity index (χ4v) is 4.25. The van der Waals surface area contributed by atoms with Crippen LogP contribution in [0, 0.1) is 0 Å². The quantitative estimate of drug-likeness (QED) is 0.688. The zero-order valence-electron chi connectivity index (χ0n) is 16.3. The van der Waals surface area contributed by atoms with Gasteiger partial charge in [0.2, 0.25) is 0 Å². The highest BCUT2D eigenvalue weighted by Crippen LogP contribution is 2.33. The normalized spacial score (nSPS) is 16.5. The summed E-state index contributed by atoms with van der Waals surface area (Å²) in [6.07, 6.45) is 8.60. The van der Waals surface area contributed by atoms with Gasteiger partial charge in [-0.15, -0.1) is 0 Å². The number of hydrogen-bond donors (Lipinski definition) is 0. The zero-order chi connectivity index (χ0) is 18.9. The van der Waals surface area contributed by atoms with E-state index in [1.54, 1.807) is 0 Å². The largest absolute Gasteiger partial charge is 0.492 e. The van der Waals surface area contributed by atoms with E-state index in [2.05, 4.69) is 64.7 Å². The number of aryl methyl sites for hydroxylation is 2. The van der Waals surface area contributed by atoms with Gasteiger partial charge >= 0.3 is 0 Å². The van der Waals surface area contributed by atoms with E-state index in [-0.39, 0.29) is 0 Å². The van der Waals surface area contributed by atoms with Gasteiger partial charge < -0.3 is 4.74 Å². The van der Waals surface area contributed by atoms with Crippen LogP contribution in [0.4, 0.5) is 0 Å². The standard InChI is InChI=1S/C24H25N3O/c1-26-15-18(14-25-26)16-27-10-11-28-24-9-8-22(13-23(24)17-27)21-7-6-19-4-2-3-5-20(19)12-21/h2-5,8-9,12-15H,6-7,10-11,16-17H2,1H3. The molecule has 5 rings (SSSR count). The van der Waals surface area contributed by atoms with Crippen molar-refractivity contribution >= 4 is 11.6 Å². The molecule has 0 fully saturated rings. The van der Waals surface area contributed by atoms with E-state index >= 15 is 0 Å². The van der Waals surface area contributed by atoms with Gasteiger partial charge in [-0.3, -0.25) is 9.58 Å². The van der Waals surface area contributed by atoms with E-state index in [0.29, 0.717) is 0 Å². The Hall–Kier alpha value is -2.85. The molecular weight excluding hydrogens is 346 g/mol. The van der Waals surface area contributed by atoms with Crippen LogP contribution in [0.3, 0.4) is 0 Å². The number of ether oxygens (including phenoxy) is 1. The van der Waals surface area contributed by atoms with Gasteiger partial charge in [0, 0.05) is 44.0 Å². The van der Waals surface area contributed by atoms with Gasteiger partial charge in [0.1, 0.15) is 12.4 Å². The van der Waals surface area contributed by atoms with Crippen LogP contribution < -0.4 is 4.74 Å². The van der Waals surface area contributed by atoms with Crippen molar-refractivity contribution in [2.24, 2.45) is 7.05 Å². The molecule has 0 amide bonds. The molecule has 2 aliphatic rings. The highest BCUT2D eigenvalue weighted by atomic mass is 16.5. The topological polar surface area (TPSA) is 30.3 Å². The van der Waals surface area contributed by atoms with E-state index in [1.165, 1.54) is 33.4 Å². The molecule has 0 N–H and O–H groups in total. The predicted octanol–water partition coefficient (Wildman–Crippen LogP) is 4.30. The molecule has 4 heteroatoms. The maximum atomic E-state index is 6.04. The van der Waals surface area contributed by atoms with Crippen LogP contribution >= 0.6 is 0 Å². The first-order valence-electron chi connectivity index (χ1n) is 9.99. The Morgan fingerprint density at radius 1 is 1.07 bits per heavy atom. The summed E-state index contributed by atoms with van der Waals surface area (Å²) in [5, 5.41) is 4.29. The minimum absolute atomic E-state index is 0.725. The molecule has 0 saturated carbocycles. The molecule has 2 heterocycles. The molecule has 2 aromatic carbocycles. The van der Waals surface area contributed by atoms with Crippen LogP contribution in [0.15, 0.2) is 54.9 Å². The van der Waals surface area contributed by atoms with Gasteiger partial charge in [-0.1, -0.05) is 36.4 Å². The van der Waals surface area contributed by atoms with Crippen molar-refractivity contribution in [2.75, 3.05) is 13.2 Å². The first-order chi connectivity index (χ1) is 13.7. The van der Waals surface area contributed by atoms with Crippen molar-refractivity contribution in [1.29, 1.82) is 0 Å². The van der Waals surface area contributed by atoms with Gasteiger partial charge in [-0.2, -0.15) is 5.10 Å². The number of fused-ring (bicyclic) bond motifs is 2. The molecular formula is C24H25N3O. The van der Waals surface area contributed by atoms with E-state index < -0.39 is 0 Å². The number of rotatable bonds is 3. The monoisotopic (exact) mass is 371 g/mol. The first-order valence-corrected chi connectivity index (χ1v) is 9.99. The molecule has 0 atom stereocenters. The van der Waals surface area contributed by atoms with Crippen molar-refractivity contribution in [1.82, 2.24) is 14.7 Å². The van der Waals surface area contributed by atoms with Crippen LogP contribution in [0.1, 0.15) is 34.2 Å². The molecule has 1 aromatic heterocycles. The molecule has 0 saturated heterocycles. The third kappa shape index (κ3) is 3.48. The third-order valence-electron chi connectivity index (χ3n) is 5.70. The molecule has 0 radical (unpaired) electrons. The van der Waals surface area contributed by atoms with Crippen molar-refractivity contribution in [3.63, 3.8) is 0 Å². The molecule has 0 bridgehead atoms.